The van der Waals surface area contributed by atoms with Crippen LogP contribution in [-0.4, -0.2) is 36.0 Å². The van der Waals surface area contributed by atoms with E-state index in [1.807, 2.05) is 0 Å². The van der Waals surface area contributed by atoms with E-state index in [0.29, 0.717) is 12.8 Å². The highest BCUT2D eigenvalue weighted by Gasteiger charge is 2.17. The predicted molar refractivity (Wildman–Crippen MR) is 48.1 cm³/mol. The van der Waals surface area contributed by atoms with Crippen LogP contribution in [0.2, 0.25) is 0 Å². The molecule has 0 spiro atoms. The van der Waals surface area contributed by atoms with Crippen molar-refractivity contribution >= 4 is 5.97 Å². The van der Waals surface area contributed by atoms with Crippen molar-refractivity contribution in [1.82, 2.24) is 0 Å². The molecule has 0 rings (SSSR count). The van der Waals surface area contributed by atoms with Crippen LogP contribution in [0.25, 0.3) is 0 Å². The van der Waals surface area contributed by atoms with E-state index >= 15 is 0 Å². The number of hydrogen-bond donors (Lipinski definition) is 2. The van der Waals surface area contributed by atoms with Gasteiger partial charge < -0.3 is 14.9 Å². The second-order valence-corrected chi connectivity index (χ2v) is 2.62. The first-order valence-electron chi connectivity index (χ1n) is 4.20. The molecule has 13 heavy (non-hydrogen) atoms. The Morgan fingerprint density at radius 1 is 1.62 bits per heavy atom. The number of aliphatic hydroxyl groups is 2. The summed E-state index contributed by atoms with van der Waals surface area (Å²) in [7, 11) is 1.27. The lowest BCUT2D eigenvalue weighted by molar-refractivity contribution is -0.137. The summed E-state index contributed by atoms with van der Waals surface area (Å²) < 4.78 is 4.47. The van der Waals surface area contributed by atoms with E-state index in [2.05, 4.69) is 4.74 Å². The van der Waals surface area contributed by atoms with Gasteiger partial charge in [-0.2, -0.15) is 0 Å². The zero-order valence-electron chi connectivity index (χ0n) is 7.99. The SMILES string of the molecule is CC=C(C(=O)OC)C(O)CCCO. The first-order chi connectivity index (χ1) is 6.17. The summed E-state index contributed by atoms with van der Waals surface area (Å²) >= 11 is 0. The van der Waals surface area contributed by atoms with Gasteiger partial charge in [0.25, 0.3) is 0 Å². The average Bonchev–Trinajstić information content (AvgIpc) is 2.15. The van der Waals surface area contributed by atoms with Crippen LogP contribution in [0, 0.1) is 0 Å². The number of aliphatic hydroxyl groups excluding tert-OH is 2. The van der Waals surface area contributed by atoms with Crippen LogP contribution < -0.4 is 0 Å². The van der Waals surface area contributed by atoms with Crippen LogP contribution in [-0.2, 0) is 9.53 Å². The van der Waals surface area contributed by atoms with Crippen LogP contribution in [0.15, 0.2) is 11.6 Å². The highest BCUT2D eigenvalue weighted by atomic mass is 16.5. The largest absolute Gasteiger partial charge is 0.466 e. The van der Waals surface area contributed by atoms with Gasteiger partial charge in [0, 0.05) is 6.61 Å². The molecule has 0 fully saturated rings. The third kappa shape index (κ3) is 4.05. The number of esters is 1. The highest BCUT2D eigenvalue weighted by Crippen LogP contribution is 2.09. The molecule has 2 N–H and O–H groups in total. The van der Waals surface area contributed by atoms with Crippen molar-refractivity contribution in [2.45, 2.75) is 25.9 Å². The van der Waals surface area contributed by atoms with Crippen molar-refractivity contribution < 1.29 is 19.7 Å². The number of carbonyl (C=O) groups is 1. The van der Waals surface area contributed by atoms with Crippen LogP contribution in [0.1, 0.15) is 19.8 Å². The van der Waals surface area contributed by atoms with Gasteiger partial charge in [-0.05, 0) is 19.8 Å². The third-order valence-electron chi connectivity index (χ3n) is 1.73. The van der Waals surface area contributed by atoms with E-state index in [1.165, 1.54) is 13.2 Å². The van der Waals surface area contributed by atoms with Crippen LogP contribution in [0.5, 0.6) is 0 Å². The van der Waals surface area contributed by atoms with E-state index in [9.17, 15) is 9.90 Å². The number of rotatable bonds is 5. The van der Waals surface area contributed by atoms with Gasteiger partial charge in [-0.25, -0.2) is 4.79 Å². The first-order valence-corrected chi connectivity index (χ1v) is 4.20. The molecule has 76 valence electrons. The first kappa shape index (κ1) is 12.1. The molecule has 0 aromatic carbocycles. The molecule has 0 aliphatic rings. The van der Waals surface area contributed by atoms with Crippen LogP contribution in [0.3, 0.4) is 0 Å². The van der Waals surface area contributed by atoms with Gasteiger partial charge in [-0.15, -0.1) is 0 Å². The molecule has 4 heteroatoms. The Kier molecular flexibility index (Phi) is 6.18. The topological polar surface area (TPSA) is 66.8 Å². The van der Waals surface area contributed by atoms with Crippen molar-refractivity contribution in [2.24, 2.45) is 0 Å². The lowest BCUT2D eigenvalue weighted by Crippen LogP contribution is -2.19. The molecule has 0 radical (unpaired) electrons. The predicted octanol–water partition coefficient (Wildman–Crippen LogP) is 0.239. The molecule has 0 saturated heterocycles. The normalized spacial score (nSPS) is 14.0. The maximum absolute atomic E-state index is 11.0. The van der Waals surface area contributed by atoms with Crippen molar-refractivity contribution in [1.29, 1.82) is 0 Å². The van der Waals surface area contributed by atoms with Gasteiger partial charge in [-0.1, -0.05) is 6.08 Å². The van der Waals surface area contributed by atoms with E-state index in [4.69, 9.17) is 5.11 Å². The van der Waals surface area contributed by atoms with Crippen molar-refractivity contribution in [3.63, 3.8) is 0 Å². The van der Waals surface area contributed by atoms with Gasteiger partial charge in [0.15, 0.2) is 0 Å². The van der Waals surface area contributed by atoms with Gasteiger partial charge in [0.05, 0.1) is 18.8 Å². The fraction of sp³-hybridized carbons (Fsp3) is 0.667. The Balaban J connectivity index is 4.16. The zero-order valence-corrected chi connectivity index (χ0v) is 7.99. The summed E-state index contributed by atoms with van der Waals surface area (Å²) in [4.78, 5) is 11.0. The molecule has 0 aliphatic heterocycles. The third-order valence-corrected chi connectivity index (χ3v) is 1.73. The molecule has 1 unspecified atom stereocenters. The lowest BCUT2D eigenvalue weighted by atomic mass is 10.1. The molecule has 1 atom stereocenters. The van der Waals surface area contributed by atoms with Gasteiger partial charge in [0.2, 0.25) is 0 Å². The number of hydrogen-bond acceptors (Lipinski definition) is 4. The number of methoxy groups -OCH3 is 1. The van der Waals surface area contributed by atoms with Crippen molar-refractivity contribution in [3.05, 3.63) is 11.6 Å². The molecular weight excluding hydrogens is 172 g/mol. The molecule has 0 saturated carbocycles. The molecule has 4 nitrogen and oxygen atoms in total. The minimum atomic E-state index is -0.843. The van der Waals surface area contributed by atoms with Crippen LogP contribution in [0.4, 0.5) is 0 Å². The second-order valence-electron chi connectivity index (χ2n) is 2.62. The Hall–Kier alpha value is -0.870. The quantitative estimate of drug-likeness (QED) is 0.479. The Labute approximate surface area is 77.8 Å². The fourth-order valence-electron chi connectivity index (χ4n) is 1.00. The summed E-state index contributed by atoms with van der Waals surface area (Å²) in [6, 6.07) is 0. The fourth-order valence-corrected chi connectivity index (χ4v) is 1.00. The van der Waals surface area contributed by atoms with Crippen molar-refractivity contribution in [3.8, 4) is 0 Å². The van der Waals surface area contributed by atoms with Crippen LogP contribution >= 0.6 is 0 Å². The molecule has 0 aromatic heterocycles. The van der Waals surface area contributed by atoms with Crippen molar-refractivity contribution in [2.75, 3.05) is 13.7 Å². The maximum atomic E-state index is 11.0. The minimum absolute atomic E-state index is 0.00915. The smallest absolute Gasteiger partial charge is 0.336 e. The second kappa shape index (κ2) is 6.62. The summed E-state index contributed by atoms with van der Waals surface area (Å²) in [6.07, 6.45) is 1.51. The maximum Gasteiger partial charge on any atom is 0.336 e. The lowest BCUT2D eigenvalue weighted by Gasteiger charge is -2.11. The average molecular weight is 188 g/mol. The highest BCUT2D eigenvalue weighted by molar-refractivity contribution is 5.89. The van der Waals surface area contributed by atoms with Gasteiger partial charge in [0.1, 0.15) is 0 Å². The number of ether oxygens (including phenoxy) is 1. The summed E-state index contributed by atoms with van der Waals surface area (Å²) in [5, 5.41) is 18.0. The Morgan fingerprint density at radius 2 is 2.23 bits per heavy atom. The van der Waals surface area contributed by atoms with Gasteiger partial charge >= 0.3 is 5.97 Å². The van der Waals surface area contributed by atoms with E-state index in [-0.39, 0.29) is 12.2 Å². The van der Waals surface area contributed by atoms with E-state index in [0.717, 1.165) is 0 Å². The number of carbonyl (C=O) groups excluding carboxylic acids is 1. The Bertz CT molecular complexity index is 186. The zero-order chi connectivity index (χ0) is 10.3. The molecule has 0 amide bonds. The monoisotopic (exact) mass is 188 g/mol. The minimum Gasteiger partial charge on any atom is -0.466 e. The molecular formula is C9H16O4. The standard InChI is InChI=1S/C9H16O4/c1-3-7(9(12)13-2)8(11)5-4-6-10/h3,8,10-11H,4-6H2,1-2H3. The van der Waals surface area contributed by atoms with E-state index < -0.39 is 12.1 Å². The molecule has 0 bridgehead atoms. The molecule has 0 heterocycles. The summed E-state index contributed by atoms with van der Waals surface area (Å²) in [5.41, 5.74) is 0.246. The number of allylic oxidation sites excluding steroid dienone is 1. The van der Waals surface area contributed by atoms with Gasteiger partial charge in [-0.3, -0.25) is 0 Å². The molecule has 0 aliphatic carbocycles. The van der Waals surface area contributed by atoms with E-state index in [1.54, 1.807) is 6.92 Å². The summed E-state index contributed by atoms with van der Waals surface area (Å²) in [5.74, 6) is -0.520. The Morgan fingerprint density at radius 3 is 2.62 bits per heavy atom. The molecule has 0 aromatic rings. The summed E-state index contributed by atoms with van der Waals surface area (Å²) in [6.45, 7) is 1.67.